The molecule has 0 fully saturated rings. The lowest BCUT2D eigenvalue weighted by atomic mass is 10.1. The highest BCUT2D eigenvalue weighted by atomic mass is 16.5. The minimum atomic E-state index is -0.669. The number of aromatic hydroxyl groups is 1. The van der Waals surface area contributed by atoms with E-state index < -0.39 is 5.97 Å². The Kier molecular flexibility index (Phi) is 6.11. The number of methoxy groups -OCH3 is 1. The standard InChI is InChI=1S/C22H21NO5/c1-27-22(26)17-10-5-11-18(21(17)25)23-20(24)13-6-14-28-19-12-4-8-15-7-2-3-9-16(15)19/h2-5,7-12,25H,6,13-14H2,1H3,(H,23,24). The molecule has 6 heteroatoms. The molecule has 0 atom stereocenters. The van der Waals surface area contributed by atoms with Gasteiger partial charge in [-0.1, -0.05) is 42.5 Å². The molecule has 0 unspecified atom stereocenters. The number of amides is 1. The number of carbonyl (C=O) groups is 2. The van der Waals surface area contributed by atoms with Crippen molar-refractivity contribution in [3.05, 3.63) is 66.2 Å². The van der Waals surface area contributed by atoms with Crippen molar-refractivity contribution in [1.82, 2.24) is 0 Å². The molecule has 3 rings (SSSR count). The van der Waals surface area contributed by atoms with Crippen LogP contribution < -0.4 is 10.1 Å². The third-order valence-electron chi connectivity index (χ3n) is 4.27. The molecule has 144 valence electrons. The second-order valence-corrected chi connectivity index (χ2v) is 6.17. The third-order valence-corrected chi connectivity index (χ3v) is 4.27. The zero-order valence-electron chi connectivity index (χ0n) is 15.5. The van der Waals surface area contributed by atoms with Gasteiger partial charge in [0.05, 0.1) is 19.4 Å². The van der Waals surface area contributed by atoms with Crippen molar-refractivity contribution in [2.24, 2.45) is 0 Å². The Labute approximate surface area is 162 Å². The first-order chi connectivity index (χ1) is 13.6. The second kappa shape index (κ2) is 8.90. The Morgan fingerprint density at radius 1 is 1.00 bits per heavy atom. The summed E-state index contributed by atoms with van der Waals surface area (Å²) in [6.45, 7) is 0.385. The van der Waals surface area contributed by atoms with Gasteiger partial charge in [-0.3, -0.25) is 4.79 Å². The summed E-state index contributed by atoms with van der Waals surface area (Å²) in [5.74, 6) is -0.479. The lowest BCUT2D eigenvalue weighted by Crippen LogP contribution is -2.14. The van der Waals surface area contributed by atoms with Gasteiger partial charge in [0.1, 0.15) is 11.3 Å². The van der Waals surface area contributed by atoms with Gasteiger partial charge in [-0.25, -0.2) is 4.79 Å². The Hall–Kier alpha value is -3.54. The van der Waals surface area contributed by atoms with Gasteiger partial charge in [0, 0.05) is 11.8 Å². The van der Waals surface area contributed by atoms with Gasteiger partial charge in [0.15, 0.2) is 5.75 Å². The van der Waals surface area contributed by atoms with E-state index in [1.54, 1.807) is 6.07 Å². The molecule has 6 nitrogen and oxygen atoms in total. The summed E-state index contributed by atoms with van der Waals surface area (Å²) in [6, 6.07) is 18.3. The predicted molar refractivity (Wildman–Crippen MR) is 107 cm³/mol. The number of fused-ring (bicyclic) bond motifs is 1. The largest absolute Gasteiger partial charge is 0.505 e. The summed E-state index contributed by atoms with van der Waals surface area (Å²) < 4.78 is 10.4. The number of ether oxygens (including phenoxy) is 2. The lowest BCUT2D eigenvalue weighted by molar-refractivity contribution is -0.116. The van der Waals surface area contributed by atoms with Gasteiger partial charge in [0.2, 0.25) is 5.91 Å². The summed E-state index contributed by atoms with van der Waals surface area (Å²) in [5, 5.41) is 14.8. The number of hydrogen-bond donors (Lipinski definition) is 2. The van der Waals surface area contributed by atoms with Crippen molar-refractivity contribution >= 4 is 28.3 Å². The number of nitrogens with one attached hydrogen (secondary N) is 1. The maximum absolute atomic E-state index is 12.1. The van der Waals surface area contributed by atoms with Crippen LogP contribution in [0.25, 0.3) is 10.8 Å². The molecule has 0 radical (unpaired) electrons. The van der Waals surface area contributed by atoms with E-state index in [4.69, 9.17) is 4.74 Å². The molecule has 2 N–H and O–H groups in total. The van der Waals surface area contributed by atoms with E-state index in [0.717, 1.165) is 16.5 Å². The Morgan fingerprint density at radius 2 is 1.75 bits per heavy atom. The highest BCUT2D eigenvalue weighted by Crippen LogP contribution is 2.28. The molecule has 1 amide bonds. The molecule has 0 spiro atoms. The van der Waals surface area contributed by atoms with Crippen LogP contribution in [0.1, 0.15) is 23.2 Å². The zero-order valence-corrected chi connectivity index (χ0v) is 15.5. The van der Waals surface area contributed by atoms with Crippen LogP contribution in [0.5, 0.6) is 11.5 Å². The maximum atomic E-state index is 12.1. The molecule has 0 aromatic heterocycles. The highest BCUT2D eigenvalue weighted by molar-refractivity contribution is 5.98. The third kappa shape index (κ3) is 4.40. The Morgan fingerprint density at radius 3 is 2.57 bits per heavy atom. The molecule has 28 heavy (non-hydrogen) atoms. The van der Waals surface area contributed by atoms with Gasteiger partial charge in [0.25, 0.3) is 0 Å². The van der Waals surface area contributed by atoms with Crippen LogP contribution in [0.3, 0.4) is 0 Å². The minimum absolute atomic E-state index is 0.000381. The summed E-state index contributed by atoms with van der Waals surface area (Å²) >= 11 is 0. The van der Waals surface area contributed by atoms with Crippen molar-refractivity contribution in [3.63, 3.8) is 0 Å². The average molecular weight is 379 g/mol. The van der Waals surface area contributed by atoms with Crippen LogP contribution in [0, 0.1) is 0 Å². The fraction of sp³-hybridized carbons (Fsp3) is 0.182. The van der Waals surface area contributed by atoms with E-state index >= 15 is 0 Å². The number of carbonyl (C=O) groups excluding carboxylic acids is 2. The Balaban J connectivity index is 1.53. The predicted octanol–water partition coefficient (Wildman–Crippen LogP) is 4.13. The molecule has 0 aliphatic carbocycles. The summed E-state index contributed by atoms with van der Waals surface area (Å²) in [4.78, 5) is 23.7. The number of anilines is 1. The number of phenolic OH excluding ortho intramolecular Hbond substituents is 1. The van der Waals surface area contributed by atoms with Gasteiger partial charge < -0.3 is 19.9 Å². The highest BCUT2D eigenvalue weighted by Gasteiger charge is 2.15. The van der Waals surface area contributed by atoms with Crippen LogP contribution in [-0.2, 0) is 9.53 Å². The van der Waals surface area contributed by atoms with Gasteiger partial charge >= 0.3 is 5.97 Å². The van der Waals surface area contributed by atoms with Gasteiger partial charge in [-0.2, -0.15) is 0 Å². The van der Waals surface area contributed by atoms with E-state index in [-0.39, 0.29) is 29.3 Å². The Bertz CT molecular complexity index is 994. The average Bonchev–Trinajstić information content (AvgIpc) is 2.72. The van der Waals surface area contributed by atoms with Gasteiger partial charge in [-0.15, -0.1) is 0 Å². The molecular weight excluding hydrogens is 358 g/mol. The number of para-hydroxylation sites is 1. The fourth-order valence-corrected chi connectivity index (χ4v) is 2.87. The molecule has 0 saturated heterocycles. The maximum Gasteiger partial charge on any atom is 0.341 e. The summed E-state index contributed by atoms with van der Waals surface area (Å²) in [6.07, 6.45) is 0.721. The van der Waals surface area contributed by atoms with Crippen LogP contribution >= 0.6 is 0 Å². The topological polar surface area (TPSA) is 84.9 Å². The summed E-state index contributed by atoms with van der Waals surface area (Å²) in [7, 11) is 1.23. The smallest absolute Gasteiger partial charge is 0.341 e. The monoisotopic (exact) mass is 379 g/mol. The first kappa shape index (κ1) is 19.2. The van der Waals surface area contributed by atoms with Crippen molar-refractivity contribution < 1.29 is 24.2 Å². The van der Waals surface area contributed by atoms with Crippen molar-refractivity contribution in [2.45, 2.75) is 12.8 Å². The molecular formula is C22H21NO5. The van der Waals surface area contributed by atoms with Crippen LogP contribution in [0.4, 0.5) is 5.69 Å². The van der Waals surface area contributed by atoms with E-state index in [2.05, 4.69) is 10.1 Å². The first-order valence-corrected chi connectivity index (χ1v) is 8.91. The second-order valence-electron chi connectivity index (χ2n) is 6.17. The molecule has 3 aromatic carbocycles. The number of phenols is 1. The fourth-order valence-electron chi connectivity index (χ4n) is 2.87. The van der Waals surface area contributed by atoms with Crippen LogP contribution in [0.15, 0.2) is 60.7 Å². The van der Waals surface area contributed by atoms with E-state index in [0.29, 0.717) is 13.0 Å². The van der Waals surface area contributed by atoms with Crippen molar-refractivity contribution in [1.29, 1.82) is 0 Å². The lowest BCUT2D eigenvalue weighted by Gasteiger charge is -2.11. The van der Waals surface area contributed by atoms with Crippen molar-refractivity contribution in [3.8, 4) is 11.5 Å². The number of rotatable bonds is 7. The molecule has 0 heterocycles. The molecule has 0 aliphatic heterocycles. The zero-order chi connectivity index (χ0) is 19.9. The summed E-state index contributed by atoms with van der Waals surface area (Å²) in [5.41, 5.74) is 0.169. The number of benzene rings is 3. The van der Waals surface area contributed by atoms with E-state index in [1.165, 1.54) is 19.2 Å². The SMILES string of the molecule is COC(=O)c1cccc(NC(=O)CCCOc2cccc3ccccc23)c1O. The quantitative estimate of drug-likeness (QED) is 0.366. The van der Waals surface area contributed by atoms with E-state index in [1.807, 2.05) is 42.5 Å². The van der Waals surface area contributed by atoms with E-state index in [9.17, 15) is 14.7 Å². The van der Waals surface area contributed by atoms with Crippen LogP contribution in [0.2, 0.25) is 0 Å². The molecule has 0 aliphatic rings. The normalized spacial score (nSPS) is 10.5. The van der Waals surface area contributed by atoms with Crippen LogP contribution in [-0.4, -0.2) is 30.7 Å². The molecule has 0 bridgehead atoms. The number of esters is 1. The molecule has 3 aromatic rings. The van der Waals surface area contributed by atoms with Gasteiger partial charge in [-0.05, 0) is 30.0 Å². The molecule has 0 saturated carbocycles. The first-order valence-electron chi connectivity index (χ1n) is 8.91. The minimum Gasteiger partial charge on any atom is -0.505 e. The van der Waals surface area contributed by atoms with Crippen molar-refractivity contribution in [2.75, 3.05) is 19.0 Å². The number of hydrogen-bond acceptors (Lipinski definition) is 5.